The molecular formula is C34H25N5O2S. The number of carbonyl (C=O) groups is 2. The molecule has 1 amide bonds. The lowest BCUT2D eigenvalue weighted by molar-refractivity contribution is -0.115. The van der Waals surface area contributed by atoms with Gasteiger partial charge in [0.05, 0.1) is 34.4 Å². The number of fused-ring (bicyclic) bond motifs is 2. The molecule has 7 aromatic rings. The molecule has 0 bridgehead atoms. The summed E-state index contributed by atoms with van der Waals surface area (Å²) in [4.78, 5) is 34.2. The predicted octanol–water partition coefficient (Wildman–Crippen LogP) is 7.89. The zero-order chi connectivity index (χ0) is 28.6. The summed E-state index contributed by atoms with van der Waals surface area (Å²) in [6.45, 7) is 1.59. The van der Waals surface area contributed by atoms with Crippen LogP contribution in [-0.2, 0) is 11.2 Å². The molecule has 4 heterocycles. The fourth-order valence-electron chi connectivity index (χ4n) is 5.22. The standard InChI is InChI=1S/C34H25N5O2S/c1-20(40)31-12-13-32(42-31)25-8-5-9-28-26(25)17-30(37-28)34-27-16-22(10-11-29(27)38-39-34)23-15-24(19-35-18-23)36-33(41)14-21-6-3-2-4-7-21/h2-13,15-19,37H,14H2,1H3,(H,36,41)(H,38,39). The molecule has 3 N–H and O–H groups in total. The molecule has 0 spiro atoms. The normalized spacial score (nSPS) is 11.3. The summed E-state index contributed by atoms with van der Waals surface area (Å²) in [6, 6.07) is 29.9. The summed E-state index contributed by atoms with van der Waals surface area (Å²) in [5, 5.41) is 12.8. The summed E-state index contributed by atoms with van der Waals surface area (Å²) in [7, 11) is 0. The number of thiophene rings is 1. The molecule has 4 aromatic heterocycles. The molecular weight excluding hydrogens is 542 g/mol. The Bertz CT molecular complexity index is 2110. The number of H-pyrrole nitrogens is 2. The van der Waals surface area contributed by atoms with Crippen molar-refractivity contribution in [2.75, 3.05) is 5.32 Å². The Balaban J connectivity index is 1.21. The van der Waals surface area contributed by atoms with Crippen molar-refractivity contribution in [2.24, 2.45) is 0 Å². The average molecular weight is 568 g/mol. The lowest BCUT2D eigenvalue weighted by Gasteiger charge is -2.08. The number of hydrogen-bond donors (Lipinski definition) is 3. The third-order valence-corrected chi connectivity index (χ3v) is 8.48. The molecule has 0 aliphatic rings. The number of aromatic amines is 2. The minimum Gasteiger partial charge on any atom is -0.353 e. The van der Waals surface area contributed by atoms with Crippen molar-refractivity contribution in [1.29, 1.82) is 0 Å². The number of Topliss-reactive ketones (excluding diaryl/α,β-unsaturated/α-hetero) is 1. The smallest absolute Gasteiger partial charge is 0.228 e. The molecule has 0 atom stereocenters. The summed E-state index contributed by atoms with van der Waals surface area (Å²) < 4.78 is 0. The maximum absolute atomic E-state index is 12.6. The van der Waals surface area contributed by atoms with Crippen LogP contribution in [0.15, 0.2) is 103 Å². The van der Waals surface area contributed by atoms with Gasteiger partial charge in [-0.15, -0.1) is 11.3 Å². The van der Waals surface area contributed by atoms with Crippen molar-refractivity contribution in [3.05, 3.63) is 114 Å². The first-order chi connectivity index (χ1) is 20.5. The molecule has 0 aliphatic carbocycles. The molecule has 0 fully saturated rings. The van der Waals surface area contributed by atoms with E-state index in [2.05, 4.69) is 43.7 Å². The number of benzene rings is 3. The van der Waals surface area contributed by atoms with Gasteiger partial charge in [-0.05, 0) is 60.5 Å². The van der Waals surface area contributed by atoms with Crippen molar-refractivity contribution in [3.63, 3.8) is 0 Å². The van der Waals surface area contributed by atoms with Crippen LogP contribution in [0, 0.1) is 0 Å². The molecule has 204 valence electrons. The van der Waals surface area contributed by atoms with Crippen molar-refractivity contribution in [3.8, 4) is 33.0 Å². The monoisotopic (exact) mass is 567 g/mol. The molecule has 7 nitrogen and oxygen atoms in total. The highest BCUT2D eigenvalue weighted by Crippen LogP contribution is 2.37. The van der Waals surface area contributed by atoms with Gasteiger partial charge in [0.25, 0.3) is 0 Å². The SMILES string of the molecule is CC(=O)c1ccc(-c2cccc3[nH]c(-c4n[nH]c5ccc(-c6cncc(NC(=O)Cc7ccccc7)c6)cc45)cc23)s1. The van der Waals surface area contributed by atoms with Gasteiger partial charge in [0.1, 0.15) is 5.69 Å². The lowest BCUT2D eigenvalue weighted by Crippen LogP contribution is -2.14. The minimum atomic E-state index is -0.0917. The Morgan fingerprint density at radius 3 is 2.55 bits per heavy atom. The molecule has 0 unspecified atom stereocenters. The Kier molecular flexibility index (Phi) is 6.45. The number of nitrogens with one attached hydrogen (secondary N) is 3. The second-order valence-electron chi connectivity index (χ2n) is 10.2. The van der Waals surface area contributed by atoms with Crippen LogP contribution >= 0.6 is 11.3 Å². The van der Waals surface area contributed by atoms with Gasteiger partial charge in [0.2, 0.25) is 5.91 Å². The van der Waals surface area contributed by atoms with E-state index in [1.165, 1.54) is 11.3 Å². The lowest BCUT2D eigenvalue weighted by atomic mass is 10.0. The second-order valence-corrected chi connectivity index (χ2v) is 11.3. The third-order valence-electron chi connectivity index (χ3n) is 7.26. The molecule has 0 aliphatic heterocycles. The van der Waals surface area contributed by atoms with Crippen molar-refractivity contribution in [1.82, 2.24) is 20.2 Å². The summed E-state index contributed by atoms with van der Waals surface area (Å²) >= 11 is 1.51. The van der Waals surface area contributed by atoms with E-state index in [1.54, 1.807) is 19.3 Å². The first kappa shape index (κ1) is 25.6. The second kappa shape index (κ2) is 10.6. The molecule has 8 heteroatoms. The summed E-state index contributed by atoms with van der Waals surface area (Å²) in [5.41, 5.74) is 8.14. The molecule has 0 saturated carbocycles. The van der Waals surface area contributed by atoms with Crippen molar-refractivity contribution >= 4 is 50.5 Å². The number of rotatable bonds is 7. The predicted molar refractivity (Wildman–Crippen MR) is 169 cm³/mol. The zero-order valence-corrected chi connectivity index (χ0v) is 23.5. The number of ketones is 1. The van der Waals surface area contributed by atoms with E-state index in [9.17, 15) is 9.59 Å². The maximum Gasteiger partial charge on any atom is 0.228 e. The Hall–Kier alpha value is -5.34. The fraction of sp³-hybridized carbons (Fsp3) is 0.0588. The summed E-state index contributed by atoms with van der Waals surface area (Å²) in [5.74, 6) is -0.0201. The van der Waals surface area contributed by atoms with Gasteiger partial charge in [0.15, 0.2) is 5.78 Å². The Morgan fingerprint density at radius 1 is 0.833 bits per heavy atom. The van der Waals surface area contributed by atoms with Gasteiger partial charge in [-0.1, -0.05) is 48.5 Å². The van der Waals surface area contributed by atoms with Gasteiger partial charge in [-0.3, -0.25) is 19.7 Å². The number of aromatic nitrogens is 4. The minimum absolute atomic E-state index is 0.0716. The van der Waals surface area contributed by atoms with E-state index < -0.39 is 0 Å². The quantitative estimate of drug-likeness (QED) is 0.170. The average Bonchev–Trinajstić information content (AvgIpc) is 3.75. The van der Waals surface area contributed by atoms with Crippen LogP contribution in [0.2, 0.25) is 0 Å². The topological polar surface area (TPSA) is 104 Å². The first-order valence-corrected chi connectivity index (χ1v) is 14.3. The molecule has 0 radical (unpaired) electrons. The number of nitrogens with zero attached hydrogens (tertiary/aromatic N) is 2. The van der Waals surface area contributed by atoms with E-state index >= 15 is 0 Å². The first-order valence-electron chi connectivity index (χ1n) is 13.5. The highest BCUT2D eigenvalue weighted by molar-refractivity contribution is 7.17. The van der Waals surface area contributed by atoms with Crippen LogP contribution in [0.1, 0.15) is 22.2 Å². The molecule has 42 heavy (non-hydrogen) atoms. The number of hydrogen-bond acceptors (Lipinski definition) is 5. The van der Waals surface area contributed by atoms with Gasteiger partial charge in [-0.25, -0.2) is 0 Å². The van der Waals surface area contributed by atoms with E-state index in [-0.39, 0.29) is 11.7 Å². The fourth-order valence-corrected chi connectivity index (χ4v) is 6.16. The largest absolute Gasteiger partial charge is 0.353 e. The Labute approximate surface area is 245 Å². The highest BCUT2D eigenvalue weighted by atomic mass is 32.1. The van der Waals surface area contributed by atoms with E-state index in [0.717, 1.165) is 65.2 Å². The Morgan fingerprint density at radius 2 is 1.71 bits per heavy atom. The third kappa shape index (κ3) is 4.88. The molecule has 0 saturated heterocycles. The van der Waals surface area contributed by atoms with Crippen LogP contribution < -0.4 is 5.32 Å². The number of anilines is 1. The maximum atomic E-state index is 12.6. The molecule has 7 rings (SSSR count). The van der Waals surface area contributed by atoms with Crippen LogP contribution in [-0.4, -0.2) is 31.9 Å². The van der Waals surface area contributed by atoms with Crippen LogP contribution in [0.5, 0.6) is 0 Å². The van der Waals surface area contributed by atoms with Crippen LogP contribution in [0.4, 0.5) is 5.69 Å². The van der Waals surface area contributed by atoms with Gasteiger partial charge in [-0.2, -0.15) is 5.10 Å². The van der Waals surface area contributed by atoms with E-state index in [4.69, 9.17) is 0 Å². The van der Waals surface area contributed by atoms with Crippen molar-refractivity contribution in [2.45, 2.75) is 13.3 Å². The van der Waals surface area contributed by atoms with Gasteiger partial charge in [0, 0.05) is 38.5 Å². The number of carbonyl (C=O) groups excluding carboxylic acids is 2. The molecule has 3 aromatic carbocycles. The zero-order valence-electron chi connectivity index (χ0n) is 22.6. The van der Waals surface area contributed by atoms with Crippen LogP contribution in [0.25, 0.3) is 54.8 Å². The van der Waals surface area contributed by atoms with Gasteiger partial charge >= 0.3 is 0 Å². The number of pyridine rings is 1. The van der Waals surface area contributed by atoms with Gasteiger partial charge < -0.3 is 10.3 Å². The van der Waals surface area contributed by atoms with E-state index in [1.807, 2.05) is 72.8 Å². The van der Waals surface area contributed by atoms with Crippen LogP contribution in [0.3, 0.4) is 0 Å². The highest BCUT2D eigenvalue weighted by Gasteiger charge is 2.16. The number of amides is 1. The van der Waals surface area contributed by atoms with E-state index in [0.29, 0.717) is 12.1 Å². The van der Waals surface area contributed by atoms with Crippen molar-refractivity contribution < 1.29 is 9.59 Å². The summed E-state index contributed by atoms with van der Waals surface area (Å²) in [6.07, 6.45) is 3.74.